The third-order valence-electron chi connectivity index (χ3n) is 4.62. The maximum Gasteiger partial charge on any atom is 0.277 e. The molecular weight excluding hydrogens is 378 g/mol. The van der Waals surface area contributed by atoms with E-state index in [1.54, 1.807) is 11.3 Å². The van der Waals surface area contributed by atoms with Gasteiger partial charge in [0.1, 0.15) is 0 Å². The molecule has 1 amide bonds. The number of aryl methyl sites for hydroxylation is 2. The predicted octanol–water partition coefficient (Wildman–Crippen LogP) is 4.48. The van der Waals surface area contributed by atoms with Crippen LogP contribution in [0.5, 0.6) is 0 Å². The van der Waals surface area contributed by atoms with Gasteiger partial charge in [-0.2, -0.15) is 0 Å². The summed E-state index contributed by atoms with van der Waals surface area (Å²) in [7, 11) is 0. The summed E-state index contributed by atoms with van der Waals surface area (Å²) >= 11 is 3.10. The molecule has 1 aliphatic rings. The lowest BCUT2D eigenvalue weighted by Crippen LogP contribution is -2.39. The first-order chi connectivity index (χ1) is 13.0. The molecular formula is C20H21N3O2S2. The molecule has 4 rings (SSSR count). The van der Waals surface area contributed by atoms with Crippen molar-refractivity contribution in [1.29, 1.82) is 0 Å². The molecule has 1 aromatic carbocycles. The number of fused-ring (bicyclic) bond motifs is 1. The highest BCUT2D eigenvalue weighted by atomic mass is 32.2. The minimum atomic E-state index is -0.266. The van der Waals surface area contributed by atoms with Gasteiger partial charge in [-0.3, -0.25) is 4.79 Å². The Kier molecular flexibility index (Phi) is 5.06. The average molecular weight is 400 g/mol. The van der Waals surface area contributed by atoms with E-state index in [2.05, 4.69) is 27.7 Å². The van der Waals surface area contributed by atoms with Gasteiger partial charge in [0.05, 0.1) is 5.25 Å². The van der Waals surface area contributed by atoms with Crippen molar-refractivity contribution in [3.63, 3.8) is 0 Å². The quantitative estimate of drug-likeness (QED) is 0.606. The van der Waals surface area contributed by atoms with Gasteiger partial charge in [-0.15, -0.1) is 21.5 Å². The number of hydrogen-bond acceptors (Lipinski definition) is 6. The first kappa shape index (κ1) is 18.3. The Hall–Kier alpha value is -2.12. The highest BCUT2D eigenvalue weighted by molar-refractivity contribution is 8.00. The number of thiophene rings is 1. The van der Waals surface area contributed by atoms with Crippen LogP contribution in [0, 0.1) is 13.8 Å². The summed E-state index contributed by atoms with van der Waals surface area (Å²) < 4.78 is 5.80. The Morgan fingerprint density at radius 2 is 2.04 bits per heavy atom. The van der Waals surface area contributed by atoms with Crippen molar-refractivity contribution >= 4 is 29.0 Å². The molecule has 3 heterocycles. The van der Waals surface area contributed by atoms with E-state index in [1.807, 2.05) is 37.8 Å². The van der Waals surface area contributed by atoms with Gasteiger partial charge in [0.15, 0.2) is 0 Å². The molecule has 1 unspecified atom stereocenters. The second kappa shape index (κ2) is 7.48. The van der Waals surface area contributed by atoms with Crippen LogP contribution >= 0.6 is 23.1 Å². The van der Waals surface area contributed by atoms with Crippen molar-refractivity contribution in [1.82, 2.24) is 15.1 Å². The number of aromatic nitrogens is 2. The van der Waals surface area contributed by atoms with Crippen molar-refractivity contribution < 1.29 is 9.21 Å². The topological polar surface area (TPSA) is 59.2 Å². The number of carbonyl (C=O) groups is 1. The van der Waals surface area contributed by atoms with Crippen LogP contribution in [0.3, 0.4) is 0 Å². The van der Waals surface area contributed by atoms with Gasteiger partial charge in [0, 0.05) is 23.5 Å². The summed E-state index contributed by atoms with van der Waals surface area (Å²) in [4.78, 5) is 16.1. The van der Waals surface area contributed by atoms with E-state index < -0.39 is 0 Å². The van der Waals surface area contributed by atoms with Gasteiger partial charge in [0.25, 0.3) is 5.22 Å². The number of carbonyl (C=O) groups excluding carboxylic acids is 1. The van der Waals surface area contributed by atoms with Crippen molar-refractivity contribution in [3.8, 4) is 11.5 Å². The van der Waals surface area contributed by atoms with Crippen LogP contribution in [0.1, 0.15) is 28.5 Å². The van der Waals surface area contributed by atoms with E-state index in [9.17, 15) is 4.79 Å². The molecule has 0 bridgehead atoms. The third-order valence-corrected chi connectivity index (χ3v) is 6.56. The van der Waals surface area contributed by atoms with Gasteiger partial charge in [-0.25, -0.2) is 0 Å². The minimum Gasteiger partial charge on any atom is -0.411 e. The maximum absolute atomic E-state index is 12.8. The molecule has 0 spiro atoms. The average Bonchev–Trinajstić information content (AvgIpc) is 3.28. The molecule has 5 nitrogen and oxygen atoms in total. The molecule has 1 atom stereocenters. The van der Waals surface area contributed by atoms with E-state index in [4.69, 9.17) is 4.42 Å². The SMILES string of the molecule is Cc1cc(C)cc(-c2nnc(SC(C)C(=O)N3CCc4sccc4C3)o2)c1. The number of nitrogens with zero attached hydrogens (tertiary/aromatic N) is 3. The number of rotatable bonds is 4. The van der Waals surface area contributed by atoms with Crippen LogP contribution in [-0.4, -0.2) is 32.8 Å². The maximum atomic E-state index is 12.8. The van der Waals surface area contributed by atoms with Crippen LogP contribution in [0.4, 0.5) is 0 Å². The molecule has 3 aromatic rings. The summed E-state index contributed by atoms with van der Waals surface area (Å²) in [6, 6.07) is 8.27. The fourth-order valence-corrected chi connectivity index (χ4v) is 5.02. The van der Waals surface area contributed by atoms with Crippen LogP contribution in [0.25, 0.3) is 11.5 Å². The third kappa shape index (κ3) is 3.94. The largest absolute Gasteiger partial charge is 0.411 e. The lowest BCUT2D eigenvalue weighted by molar-refractivity contribution is -0.131. The van der Waals surface area contributed by atoms with E-state index in [0.717, 1.165) is 29.7 Å². The summed E-state index contributed by atoms with van der Waals surface area (Å²) in [5.74, 6) is 0.604. The van der Waals surface area contributed by atoms with Crippen molar-refractivity contribution in [3.05, 3.63) is 51.2 Å². The summed E-state index contributed by atoms with van der Waals surface area (Å²) in [6.07, 6.45) is 0.938. The fourth-order valence-electron chi connectivity index (χ4n) is 3.37. The minimum absolute atomic E-state index is 0.114. The highest BCUT2D eigenvalue weighted by Crippen LogP contribution is 2.30. The molecule has 0 N–H and O–H groups in total. The molecule has 2 aromatic heterocycles. The monoisotopic (exact) mass is 399 g/mol. The Morgan fingerprint density at radius 3 is 2.81 bits per heavy atom. The zero-order valence-electron chi connectivity index (χ0n) is 15.6. The van der Waals surface area contributed by atoms with E-state index in [0.29, 0.717) is 17.7 Å². The lowest BCUT2D eigenvalue weighted by Gasteiger charge is -2.28. The first-order valence-corrected chi connectivity index (χ1v) is 10.7. The molecule has 1 aliphatic heterocycles. The molecule has 7 heteroatoms. The van der Waals surface area contributed by atoms with E-state index in [-0.39, 0.29) is 11.2 Å². The molecule has 0 saturated heterocycles. The molecule has 0 radical (unpaired) electrons. The number of thioether (sulfide) groups is 1. The van der Waals surface area contributed by atoms with Crippen molar-refractivity contribution in [2.75, 3.05) is 6.54 Å². The predicted molar refractivity (Wildman–Crippen MR) is 108 cm³/mol. The molecule has 0 saturated carbocycles. The summed E-state index contributed by atoms with van der Waals surface area (Å²) in [6.45, 7) is 7.45. The van der Waals surface area contributed by atoms with E-state index in [1.165, 1.54) is 22.2 Å². The van der Waals surface area contributed by atoms with Gasteiger partial charge < -0.3 is 9.32 Å². The smallest absolute Gasteiger partial charge is 0.277 e. The second-order valence-electron chi connectivity index (χ2n) is 6.89. The summed E-state index contributed by atoms with van der Waals surface area (Å²) in [5.41, 5.74) is 4.48. The zero-order valence-corrected chi connectivity index (χ0v) is 17.2. The van der Waals surface area contributed by atoms with Crippen molar-refractivity contribution in [2.45, 2.75) is 44.2 Å². The number of benzene rings is 1. The lowest BCUT2D eigenvalue weighted by atomic mass is 10.1. The Labute approximate surface area is 166 Å². The van der Waals surface area contributed by atoms with Crippen LogP contribution in [0.15, 0.2) is 39.3 Å². The van der Waals surface area contributed by atoms with E-state index >= 15 is 0 Å². The standard InChI is InChI=1S/C20H21N3O2S2/c1-12-8-13(2)10-16(9-12)18-21-22-20(25-18)27-14(3)19(24)23-6-4-17-15(11-23)5-7-26-17/h5,7-10,14H,4,6,11H2,1-3H3. The van der Waals surface area contributed by atoms with Crippen LogP contribution in [-0.2, 0) is 17.8 Å². The molecule has 0 aliphatic carbocycles. The van der Waals surface area contributed by atoms with Gasteiger partial charge >= 0.3 is 0 Å². The van der Waals surface area contributed by atoms with Gasteiger partial charge in [-0.1, -0.05) is 29.0 Å². The van der Waals surface area contributed by atoms with Crippen LogP contribution in [0.2, 0.25) is 0 Å². The number of amides is 1. The zero-order chi connectivity index (χ0) is 19.0. The normalized spacial score (nSPS) is 14.9. The van der Waals surface area contributed by atoms with Gasteiger partial charge in [-0.05, 0) is 56.3 Å². The summed E-state index contributed by atoms with van der Waals surface area (Å²) in [5, 5.41) is 10.5. The van der Waals surface area contributed by atoms with Crippen LogP contribution < -0.4 is 0 Å². The molecule has 0 fully saturated rings. The highest BCUT2D eigenvalue weighted by Gasteiger charge is 2.27. The Bertz CT molecular complexity index is 959. The molecule has 27 heavy (non-hydrogen) atoms. The first-order valence-electron chi connectivity index (χ1n) is 8.92. The molecule has 140 valence electrons. The second-order valence-corrected chi connectivity index (χ2v) is 9.18. The number of hydrogen-bond donors (Lipinski definition) is 0. The Balaban J connectivity index is 1.43. The Morgan fingerprint density at radius 1 is 1.26 bits per heavy atom. The fraction of sp³-hybridized carbons (Fsp3) is 0.350. The van der Waals surface area contributed by atoms with Gasteiger partial charge in [0.2, 0.25) is 11.8 Å². The van der Waals surface area contributed by atoms with Crippen molar-refractivity contribution in [2.24, 2.45) is 0 Å².